The van der Waals surface area contributed by atoms with E-state index >= 15 is 0 Å². The fourth-order valence-electron chi connectivity index (χ4n) is 4.06. The van der Waals surface area contributed by atoms with E-state index in [0.29, 0.717) is 42.9 Å². The molecule has 0 saturated heterocycles. The maximum Gasteiger partial charge on any atom is 0.240 e. The predicted molar refractivity (Wildman–Crippen MR) is 137 cm³/mol. The van der Waals surface area contributed by atoms with Crippen molar-refractivity contribution >= 4 is 16.0 Å². The molecule has 37 heavy (non-hydrogen) atoms. The van der Waals surface area contributed by atoms with Gasteiger partial charge in [0.05, 0.1) is 19.3 Å². The number of anilines is 1. The first-order valence-electron chi connectivity index (χ1n) is 12.1. The number of nitrogens with one attached hydrogen (secondary N) is 1. The van der Waals surface area contributed by atoms with E-state index in [1.54, 1.807) is 49.2 Å². The molecule has 2 atom stereocenters. The van der Waals surface area contributed by atoms with Crippen LogP contribution in [0.3, 0.4) is 0 Å². The molecule has 0 spiro atoms. The van der Waals surface area contributed by atoms with Crippen LogP contribution in [0, 0.1) is 6.92 Å². The molecule has 1 aliphatic carbocycles. The third-order valence-corrected chi connectivity index (χ3v) is 7.94. The SMILES string of the molecule is CCCO[C@@H](c1ncc(C)cn1)[C@H](C)S(=O)(=O)Nc1nnc(-c2cccc(OC)n2)n1C1(COC)CC1. The van der Waals surface area contributed by atoms with Crippen LogP contribution < -0.4 is 9.46 Å². The van der Waals surface area contributed by atoms with Crippen molar-refractivity contribution in [2.24, 2.45) is 0 Å². The van der Waals surface area contributed by atoms with Gasteiger partial charge in [0.2, 0.25) is 21.9 Å². The fourth-order valence-corrected chi connectivity index (χ4v) is 5.16. The van der Waals surface area contributed by atoms with E-state index in [9.17, 15) is 8.42 Å². The van der Waals surface area contributed by atoms with Gasteiger partial charge in [0, 0.05) is 32.2 Å². The summed E-state index contributed by atoms with van der Waals surface area (Å²) in [5.74, 6) is 1.21. The monoisotopic (exact) mass is 531 g/mol. The van der Waals surface area contributed by atoms with E-state index in [0.717, 1.165) is 18.4 Å². The van der Waals surface area contributed by atoms with Crippen molar-refractivity contribution in [1.82, 2.24) is 29.7 Å². The number of nitrogens with zero attached hydrogens (tertiary/aromatic N) is 6. The fraction of sp³-hybridized carbons (Fsp3) is 0.542. The third-order valence-electron chi connectivity index (χ3n) is 6.25. The molecule has 3 aromatic heterocycles. The molecule has 1 N–H and O–H groups in total. The zero-order valence-corrected chi connectivity index (χ0v) is 22.5. The van der Waals surface area contributed by atoms with Crippen LogP contribution in [0.2, 0.25) is 0 Å². The van der Waals surface area contributed by atoms with Gasteiger partial charge in [-0.2, -0.15) is 0 Å². The van der Waals surface area contributed by atoms with E-state index in [1.807, 2.05) is 13.8 Å². The van der Waals surface area contributed by atoms with Crippen molar-refractivity contribution in [3.63, 3.8) is 0 Å². The molecular weight excluding hydrogens is 498 g/mol. The first-order valence-corrected chi connectivity index (χ1v) is 13.7. The highest BCUT2D eigenvalue weighted by Crippen LogP contribution is 2.47. The summed E-state index contributed by atoms with van der Waals surface area (Å²) >= 11 is 0. The maximum atomic E-state index is 13.7. The Morgan fingerprint density at radius 1 is 1.16 bits per heavy atom. The van der Waals surface area contributed by atoms with Gasteiger partial charge in [-0.25, -0.2) is 23.4 Å². The minimum absolute atomic E-state index is 0.0834. The van der Waals surface area contributed by atoms with E-state index in [-0.39, 0.29) is 5.95 Å². The summed E-state index contributed by atoms with van der Waals surface area (Å²) in [6, 6.07) is 5.29. The third kappa shape index (κ3) is 5.73. The standard InChI is InChI=1S/C24H33N7O5S/c1-6-12-36-20(21-25-13-16(2)14-26-21)17(3)37(32,33)30-23-29-28-22(18-8-7-9-19(27-18)35-5)31(23)24(10-11-24)15-34-4/h7-9,13-14,17,20H,6,10-12,15H2,1-5H3,(H,29,30)/t17-,20+/m0/s1. The molecule has 200 valence electrons. The topological polar surface area (TPSA) is 143 Å². The lowest BCUT2D eigenvalue weighted by Gasteiger charge is -2.25. The van der Waals surface area contributed by atoms with Crippen molar-refractivity contribution in [3.8, 4) is 17.4 Å². The maximum absolute atomic E-state index is 13.7. The first kappa shape index (κ1) is 26.9. The van der Waals surface area contributed by atoms with Crippen molar-refractivity contribution in [2.75, 3.05) is 32.2 Å². The van der Waals surface area contributed by atoms with Gasteiger partial charge in [0.1, 0.15) is 17.0 Å². The quantitative estimate of drug-likeness (QED) is 0.350. The highest BCUT2D eigenvalue weighted by atomic mass is 32.2. The molecule has 1 saturated carbocycles. The normalized spacial score (nSPS) is 16.2. The molecule has 3 aromatic rings. The summed E-state index contributed by atoms with van der Waals surface area (Å²) in [5.41, 5.74) is 0.883. The predicted octanol–water partition coefficient (Wildman–Crippen LogP) is 2.88. The van der Waals surface area contributed by atoms with Crippen LogP contribution in [0.25, 0.3) is 11.5 Å². The van der Waals surface area contributed by atoms with E-state index in [4.69, 9.17) is 14.2 Å². The van der Waals surface area contributed by atoms with Crippen molar-refractivity contribution in [1.29, 1.82) is 0 Å². The molecule has 0 aromatic carbocycles. The second-order valence-corrected chi connectivity index (χ2v) is 11.2. The molecule has 12 nitrogen and oxygen atoms in total. The van der Waals surface area contributed by atoms with Crippen molar-refractivity contribution in [2.45, 2.75) is 56.9 Å². The molecule has 0 amide bonds. The van der Waals surface area contributed by atoms with Crippen molar-refractivity contribution in [3.05, 3.63) is 42.0 Å². The van der Waals surface area contributed by atoms with Crippen LogP contribution in [-0.4, -0.2) is 70.8 Å². The van der Waals surface area contributed by atoms with Gasteiger partial charge in [0.25, 0.3) is 0 Å². The molecule has 0 aliphatic heterocycles. The molecule has 0 radical (unpaired) electrons. The lowest BCUT2D eigenvalue weighted by Crippen LogP contribution is -2.35. The Morgan fingerprint density at radius 2 is 1.89 bits per heavy atom. The molecule has 0 unspecified atom stereocenters. The smallest absolute Gasteiger partial charge is 0.240 e. The Kier molecular flexibility index (Phi) is 8.05. The van der Waals surface area contributed by atoms with Crippen LogP contribution in [-0.2, 0) is 25.0 Å². The second-order valence-electron chi connectivity index (χ2n) is 9.17. The van der Waals surface area contributed by atoms with Crippen LogP contribution in [0.1, 0.15) is 50.6 Å². The van der Waals surface area contributed by atoms with Gasteiger partial charge in [0.15, 0.2) is 11.6 Å². The average Bonchev–Trinajstić information content (AvgIpc) is 3.55. The summed E-state index contributed by atoms with van der Waals surface area (Å²) in [4.78, 5) is 13.1. The molecule has 13 heteroatoms. The zero-order valence-electron chi connectivity index (χ0n) is 21.7. The number of aromatic nitrogens is 6. The lowest BCUT2D eigenvalue weighted by molar-refractivity contribution is 0.0466. The largest absolute Gasteiger partial charge is 0.481 e. The average molecular weight is 532 g/mol. The zero-order chi connectivity index (χ0) is 26.6. The number of ether oxygens (including phenoxy) is 3. The highest BCUT2D eigenvalue weighted by molar-refractivity contribution is 7.93. The number of rotatable bonds is 13. The Labute approximate surface area is 216 Å². The Bertz CT molecular complexity index is 1310. The molecule has 3 heterocycles. The van der Waals surface area contributed by atoms with E-state index in [2.05, 4.69) is 29.9 Å². The Balaban J connectivity index is 1.71. The lowest BCUT2D eigenvalue weighted by atomic mass is 10.2. The summed E-state index contributed by atoms with van der Waals surface area (Å²) in [6.07, 6.45) is 4.68. The molecular formula is C24H33N7O5S. The number of pyridine rings is 1. The van der Waals surface area contributed by atoms with E-state index < -0.39 is 26.9 Å². The minimum Gasteiger partial charge on any atom is -0.481 e. The van der Waals surface area contributed by atoms with Crippen LogP contribution in [0.4, 0.5) is 5.95 Å². The van der Waals surface area contributed by atoms with Gasteiger partial charge in [-0.05, 0) is 44.7 Å². The van der Waals surface area contributed by atoms with Crippen molar-refractivity contribution < 1.29 is 22.6 Å². The summed E-state index contributed by atoms with van der Waals surface area (Å²) in [6.45, 7) is 6.11. The molecule has 1 aliphatic rings. The Morgan fingerprint density at radius 3 is 2.51 bits per heavy atom. The number of hydrogen-bond donors (Lipinski definition) is 1. The van der Waals surface area contributed by atoms with Gasteiger partial charge in [-0.1, -0.05) is 13.0 Å². The molecule has 1 fully saturated rings. The van der Waals surface area contributed by atoms with Crippen LogP contribution in [0.5, 0.6) is 5.88 Å². The van der Waals surface area contributed by atoms with Gasteiger partial charge in [-0.15, -0.1) is 10.2 Å². The second kappa shape index (κ2) is 11.1. The number of aryl methyl sites for hydroxylation is 1. The number of hydrogen-bond acceptors (Lipinski definition) is 10. The number of sulfonamides is 1. The van der Waals surface area contributed by atoms with Crippen LogP contribution in [0.15, 0.2) is 30.6 Å². The summed E-state index contributed by atoms with van der Waals surface area (Å²) in [5, 5.41) is 7.51. The summed E-state index contributed by atoms with van der Waals surface area (Å²) < 4.78 is 48.4. The minimum atomic E-state index is -4.02. The highest BCUT2D eigenvalue weighted by Gasteiger charge is 2.49. The van der Waals surface area contributed by atoms with Gasteiger partial charge >= 0.3 is 0 Å². The first-order chi connectivity index (χ1) is 17.7. The Hall–Kier alpha value is -3.16. The van der Waals surface area contributed by atoms with Crippen LogP contribution >= 0.6 is 0 Å². The molecule has 0 bridgehead atoms. The van der Waals surface area contributed by atoms with Gasteiger partial charge in [-0.3, -0.25) is 9.29 Å². The summed E-state index contributed by atoms with van der Waals surface area (Å²) in [7, 11) is -0.881. The number of methoxy groups -OCH3 is 2. The molecule has 4 rings (SSSR count). The van der Waals surface area contributed by atoms with E-state index in [1.165, 1.54) is 7.11 Å². The van der Waals surface area contributed by atoms with Gasteiger partial charge < -0.3 is 14.2 Å².